The predicted molar refractivity (Wildman–Crippen MR) is 85.9 cm³/mol. The van der Waals surface area contributed by atoms with E-state index in [-0.39, 0.29) is 5.91 Å². The number of carbonyl (C=O) groups excluding carboxylic acids is 1. The smallest absolute Gasteiger partial charge is 0.256 e. The summed E-state index contributed by atoms with van der Waals surface area (Å²) in [5.74, 6) is 0.741. The summed E-state index contributed by atoms with van der Waals surface area (Å²) >= 11 is 0. The lowest BCUT2D eigenvalue weighted by molar-refractivity contribution is 0.0474. The average molecular weight is 315 g/mol. The lowest BCUT2D eigenvalue weighted by Crippen LogP contribution is -2.42. The Labute approximate surface area is 134 Å². The van der Waals surface area contributed by atoms with Crippen molar-refractivity contribution in [1.29, 1.82) is 0 Å². The van der Waals surface area contributed by atoms with Gasteiger partial charge in [-0.05, 0) is 25.0 Å². The Hall–Kier alpha value is -2.41. The van der Waals surface area contributed by atoms with Gasteiger partial charge in [0.2, 0.25) is 0 Å². The number of rotatable bonds is 4. The van der Waals surface area contributed by atoms with E-state index in [1.54, 1.807) is 9.58 Å². The van der Waals surface area contributed by atoms with E-state index in [2.05, 4.69) is 15.4 Å². The first kappa shape index (κ1) is 15.5. The number of piperidine rings is 1. The molecule has 0 radical (unpaired) electrons. The number of amides is 1. The zero-order valence-electron chi connectivity index (χ0n) is 13.1. The number of hydrogen-bond acceptors (Lipinski definition) is 5. The van der Waals surface area contributed by atoms with Gasteiger partial charge in [-0.15, -0.1) is 0 Å². The first-order valence-electron chi connectivity index (χ1n) is 7.78. The van der Waals surface area contributed by atoms with E-state index in [1.807, 2.05) is 31.3 Å². The molecule has 0 aliphatic carbocycles. The van der Waals surface area contributed by atoms with Crippen LogP contribution in [-0.4, -0.2) is 49.9 Å². The van der Waals surface area contributed by atoms with E-state index in [9.17, 15) is 9.90 Å². The molecule has 1 aromatic carbocycles. The molecular formula is C16H21N5O2. The van der Waals surface area contributed by atoms with Gasteiger partial charge in [0, 0.05) is 25.8 Å². The Bertz CT molecular complexity index is 685. The van der Waals surface area contributed by atoms with Crippen molar-refractivity contribution in [2.75, 3.05) is 18.4 Å². The van der Waals surface area contributed by atoms with Crippen molar-refractivity contribution in [2.24, 2.45) is 7.05 Å². The fourth-order valence-corrected chi connectivity index (χ4v) is 2.79. The van der Waals surface area contributed by atoms with Crippen molar-refractivity contribution in [3.8, 4) is 0 Å². The number of para-hydroxylation sites is 1. The molecule has 122 valence electrons. The van der Waals surface area contributed by atoms with Gasteiger partial charge >= 0.3 is 0 Å². The van der Waals surface area contributed by atoms with Gasteiger partial charge in [0.05, 0.1) is 18.2 Å². The van der Waals surface area contributed by atoms with E-state index in [0.29, 0.717) is 25.2 Å². The lowest BCUT2D eigenvalue weighted by atomic mass is 10.1. The van der Waals surface area contributed by atoms with Crippen molar-refractivity contribution < 1.29 is 9.90 Å². The van der Waals surface area contributed by atoms with E-state index in [0.717, 1.165) is 24.4 Å². The summed E-state index contributed by atoms with van der Waals surface area (Å²) in [5, 5.41) is 17.1. The van der Waals surface area contributed by atoms with Crippen LogP contribution in [0.1, 0.15) is 29.0 Å². The van der Waals surface area contributed by atoms with Crippen LogP contribution in [0.15, 0.2) is 30.6 Å². The summed E-state index contributed by atoms with van der Waals surface area (Å²) in [6, 6.07) is 7.42. The molecule has 1 atom stereocenters. The molecule has 0 spiro atoms. The third-order valence-electron chi connectivity index (χ3n) is 4.08. The Morgan fingerprint density at radius 1 is 1.43 bits per heavy atom. The molecule has 1 aliphatic heterocycles. The number of nitrogens with zero attached hydrogens (tertiary/aromatic N) is 4. The van der Waals surface area contributed by atoms with Gasteiger partial charge in [0.1, 0.15) is 12.2 Å². The van der Waals surface area contributed by atoms with Crippen molar-refractivity contribution >= 4 is 11.6 Å². The van der Waals surface area contributed by atoms with Gasteiger partial charge in [-0.25, -0.2) is 4.98 Å². The summed E-state index contributed by atoms with van der Waals surface area (Å²) in [7, 11) is 1.83. The van der Waals surface area contributed by atoms with Gasteiger partial charge in [-0.3, -0.25) is 9.48 Å². The number of nitrogens with one attached hydrogen (secondary N) is 1. The Morgan fingerprint density at radius 3 is 3.00 bits per heavy atom. The highest BCUT2D eigenvalue weighted by atomic mass is 16.3. The quantitative estimate of drug-likeness (QED) is 0.880. The molecule has 0 bridgehead atoms. The molecule has 1 amide bonds. The number of carbonyl (C=O) groups is 1. The molecule has 7 nitrogen and oxygen atoms in total. The van der Waals surface area contributed by atoms with Crippen LogP contribution in [0, 0.1) is 0 Å². The number of hydrogen-bond donors (Lipinski definition) is 2. The maximum atomic E-state index is 12.7. The minimum Gasteiger partial charge on any atom is -0.391 e. The number of aliphatic hydroxyl groups is 1. The number of aryl methyl sites for hydroxylation is 1. The van der Waals surface area contributed by atoms with Crippen LogP contribution in [0.25, 0.3) is 0 Å². The highest BCUT2D eigenvalue weighted by Gasteiger charge is 2.24. The van der Waals surface area contributed by atoms with Crippen LogP contribution in [0.3, 0.4) is 0 Å². The molecule has 7 heteroatoms. The van der Waals surface area contributed by atoms with Gasteiger partial charge in [-0.2, -0.15) is 5.10 Å². The highest BCUT2D eigenvalue weighted by molar-refractivity contribution is 5.99. The van der Waals surface area contributed by atoms with Gasteiger partial charge < -0.3 is 15.3 Å². The minimum absolute atomic E-state index is 0.0511. The van der Waals surface area contributed by atoms with Crippen LogP contribution in [0.4, 0.5) is 5.69 Å². The molecule has 1 fully saturated rings. The second-order valence-electron chi connectivity index (χ2n) is 5.75. The largest absolute Gasteiger partial charge is 0.391 e. The number of aliphatic hydroxyl groups excluding tert-OH is 1. The molecular weight excluding hydrogens is 294 g/mol. The normalized spacial score (nSPS) is 18.0. The maximum Gasteiger partial charge on any atom is 0.256 e. The topological polar surface area (TPSA) is 83.3 Å². The molecule has 1 aliphatic rings. The van der Waals surface area contributed by atoms with Crippen LogP contribution < -0.4 is 5.32 Å². The van der Waals surface area contributed by atoms with E-state index in [4.69, 9.17) is 0 Å². The minimum atomic E-state index is -0.425. The number of β-amino-alcohol motifs (C(OH)–C–C–N with tert-alkyl or cyclic N) is 1. The van der Waals surface area contributed by atoms with Crippen LogP contribution in [-0.2, 0) is 13.6 Å². The second kappa shape index (κ2) is 6.78. The Kier molecular flexibility index (Phi) is 4.57. The molecule has 2 aromatic rings. The summed E-state index contributed by atoms with van der Waals surface area (Å²) in [6.07, 6.45) is 2.67. The fourth-order valence-electron chi connectivity index (χ4n) is 2.79. The van der Waals surface area contributed by atoms with Gasteiger partial charge in [-0.1, -0.05) is 12.1 Å². The van der Waals surface area contributed by atoms with Crippen molar-refractivity contribution in [2.45, 2.75) is 25.5 Å². The summed E-state index contributed by atoms with van der Waals surface area (Å²) in [6.45, 7) is 1.58. The standard InChI is InChI=1S/C16H21N5O2/c1-20-15(18-11-19-20)9-17-14-7-3-2-6-13(14)16(23)21-8-4-5-12(22)10-21/h2-3,6-7,11-12,17,22H,4-5,8-10H2,1H3/t12-/m0/s1. The van der Waals surface area contributed by atoms with Crippen LogP contribution in [0.2, 0.25) is 0 Å². The third kappa shape index (κ3) is 3.50. The average Bonchev–Trinajstić information content (AvgIpc) is 2.97. The maximum absolute atomic E-state index is 12.7. The number of anilines is 1. The summed E-state index contributed by atoms with van der Waals surface area (Å²) < 4.78 is 1.69. The molecule has 23 heavy (non-hydrogen) atoms. The van der Waals surface area contributed by atoms with E-state index >= 15 is 0 Å². The van der Waals surface area contributed by atoms with Crippen molar-refractivity contribution in [3.05, 3.63) is 42.0 Å². The summed E-state index contributed by atoms with van der Waals surface area (Å²) in [4.78, 5) is 18.6. The fraction of sp³-hybridized carbons (Fsp3) is 0.438. The molecule has 1 saturated heterocycles. The molecule has 2 heterocycles. The van der Waals surface area contributed by atoms with Gasteiger partial charge in [0.15, 0.2) is 0 Å². The van der Waals surface area contributed by atoms with Crippen LogP contribution in [0.5, 0.6) is 0 Å². The van der Waals surface area contributed by atoms with Gasteiger partial charge in [0.25, 0.3) is 5.91 Å². The first-order chi connectivity index (χ1) is 11.1. The molecule has 1 aromatic heterocycles. The molecule has 0 saturated carbocycles. The van der Waals surface area contributed by atoms with Crippen LogP contribution >= 0.6 is 0 Å². The molecule has 2 N–H and O–H groups in total. The zero-order chi connectivity index (χ0) is 16.2. The Balaban J connectivity index is 1.74. The second-order valence-corrected chi connectivity index (χ2v) is 5.75. The third-order valence-corrected chi connectivity index (χ3v) is 4.08. The highest BCUT2D eigenvalue weighted by Crippen LogP contribution is 2.20. The van der Waals surface area contributed by atoms with Crippen molar-refractivity contribution in [1.82, 2.24) is 19.7 Å². The lowest BCUT2D eigenvalue weighted by Gasteiger charge is -2.30. The number of likely N-dealkylation sites (tertiary alicyclic amines) is 1. The molecule has 3 rings (SSSR count). The predicted octanol–water partition coefficient (Wildman–Crippen LogP) is 1.02. The van der Waals surface area contributed by atoms with Crippen molar-refractivity contribution in [3.63, 3.8) is 0 Å². The number of benzene rings is 1. The summed E-state index contributed by atoms with van der Waals surface area (Å²) in [5.41, 5.74) is 1.38. The van der Waals surface area contributed by atoms with E-state index in [1.165, 1.54) is 6.33 Å². The molecule has 0 unspecified atom stereocenters. The number of aromatic nitrogens is 3. The Morgan fingerprint density at radius 2 is 2.26 bits per heavy atom. The van der Waals surface area contributed by atoms with E-state index < -0.39 is 6.10 Å². The zero-order valence-corrected chi connectivity index (χ0v) is 13.1. The monoisotopic (exact) mass is 315 g/mol. The first-order valence-corrected chi connectivity index (χ1v) is 7.78. The SMILES string of the molecule is Cn1ncnc1CNc1ccccc1C(=O)N1CCC[C@H](O)C1.